The number of sulfonamides is 1. The number of furan rings is 1. The number of hydrogen-bond acceptors (Lipinski definition) is 5. The lowest BCUT2D eigenvalue weighted by Gasteiger charge is -2.03. The van der Waals surface area contributed by atoms with Crippen LogP contribution in [0, 0.1) is 0 Å². The molecule has 0 aliphatic carbocycles. The van der Waals surface area contributed by atoms with Gasteiger partial charge in [-0.05, 0) is 44.9 Å². The first kappa shape index (κ1) is 15.7. The normalized spacial score (nSPS) is 11.9. The highest BCUT2D eigenvalue weighted by atomic mass is 79.9. The van der Waals surface area contributed by atoms with E-state index in [1.54, 1.807) is 0 Å². The Morgan fingerprint density at radius 1 is 1.40 bits per heavy atom. The summed E-state index contributed by atoms with van der Waals surface area (Å²) >= 11 is 4.68. The highest BCUT2D eigenvalue weighted by Crippen LogP contribution is 2.26. The van der Waals surface area contributed by atoms with E-state index in [-0.39, 0.29) is 16.1 Å². The van der Waals surface area contributed by atoms with E-state index in [1.807, 2.05) is 23.8 Å². The molecule has 2 rings (SSSR count). The molecule has 0 amide bonds. The zero-order chi connectivity index (χ0) is 14.6. The zero-order valence-electron chi connectivity index (χ0n) is 10.8. The minimum absolute atomic E-state index is 0.126. The minimum atomic E-state index is -3.59. The third-order valence-electron chi connectivity index (χ3n) is 2.59. The molecule has 0 radical (unpaired) electrons. The fourth-order valence-electron chi connectivity index (χ4n) is 1.57. The van der Waals surface area contributed by atoms with Gasteiger partial charge in [0.05, 0.1) is 6.54 Å². The predicted molar refractivity (Wildman–Crippen MR) is 82.1 cm³/mol. The Morgan fingerprint density at radius 2 is 2.20 bits per heavy atom. The summed E-state index contributed by atoms with van der Waals surface area (Å²) in [5.41, 5.74) is 0.936. The molecule has 0 fully saturated rings. The standard InChI is InChI=1S/C12H15BrN2O3S2/c1-2-14-7-10-5-11(12(13)18-10)20(16,17)15-6-9-3-4-19-8-9/h3-5,8,14-15H,2,6-7H2,1H3. The number of rotatable bonds is 7. The summed E-state index contributed by atoms with van der Waals surface area (Å²) in [6.07, 6.45) is 0. The van der Waals surface area contributed by atoms with E-state index in [0.29, 0.717) is 12.3 Å². The number of halogens is 1. The van der Waals surface area contributed by atoms with Gasteiger partial charge in [0.1, 0.15) is 10.7 Å². The summed E-state index contributed by atoms with van der Waals surface area (Å²) in [6, 6.07) is 3.41. The van der Waals surface area contributed by atoms with Crippen molar-refractivity contribution in [1.29, 1.82) is 0 Å². The molecule has 0 atom stereocenters. The molecule has 0 bridgehead atoms. The highest BCUT2D eigenvalue weighted by Gasteiger charge is 2.22. The van der Waals surface area contributed by atoms with Crippen molar-refractivity contribution in [3.8, 4) is 0 Å². The van der Waals surface area contributed by atoms with Crippen LogP contribution in [0.4, 0.5) is 0 Å². The summed E-state index contributed by atoms with van der Waals surface area (Å²) in [4.78, 5) is 0.126. The van der Waals surface area contributed by atoms with Crippen LogP contribution in [0.5, 0.6) is 0 Å². The molecule has 2 aromatic rings. The average Bonchev–Trinajstić information content (AvgIpc) is 3.03. The quantitative estimate of drug-likeness (QED) is 0.776. The van der Waals surface area contributed by atoms with E-state index in [0.717, 1.165) is 12.1 Å². The molecule has 0 unspecified atom stereocenters. The second kappa shape index (κ2) is 6.86. The maximum Gasteiger partial charge on any atom is 0.245 e. The summed E-state index contributed by atoms with van der Waals surface area (Å²) < 4.78 is 32.6. The van der Waals surface area contributed by atoms with E-state index in [4.69, 9.17) is 4.42 Å². The zero-order valence-corrected chi connectivity index (χ0v) is 14.1. The summed E-state index contributed by atoms with van der Waals surface area (Å²) in [7, 11) is -3.59. The Hall–Kier alpha value is -0.670. The van der Waals surface area contributed by atoms with Crippen molar-refractivity contribution in [1.82, 2.24) is 10.0 Å². The minimum Gasteiger partial charge on any atom is -0.452 e. The van der Waals surface area contributed by atoms with Crippen molar-refractivity contribution in [2.75, 3.05) is 6.54 Å². The van der Waals surface area contributed by atoms with Gasteiger partial charge in [-0.1, -0.05) is 6.92 Å². The topological polar surface area (TPSA) is 71.3 Å². The number of hydrogen-bond donors (Lipinski definition) is 2. The van der Waals surface area contributed by atoms with Gasteiger partial charge in [-0.2, -0.15) is 11.3 Å². The van der Waals surface area contributed by atoms with Gasteiger partial charge in [0, 0.05) is 12.6 Å². The van der Waals surface area contributed by atoms with Gasteiger partial charge < -0.3 is 9.73 Å². The summed E-state index contributed by atoms with van der Waals surface area (Å²) in [5, 5.41) is 6.90. The summed E-state index contributed by atoms with van der Waals surface area (Å²) in [6.45, 7) is 3.52. The molecular formula is C12H15BrN2O3S2. The number of thiophene rings is 1. The van der Waals surface area contributed by atoms with Crippen molar-refractivity contribution in [3.05, 3.63) is 38.9 Å². The average molecular weight is 379 g/mol. The van der Waals surface area contributed by atoms with Gasteiger partial charge in [0.15, 0.2) is 4.67 Å². The van der Waals surface area contributed by atoms with Gasteiger partial charge in [-0.15, -0.1) is 0 Å². The third kappa shape index (κ3) is 3.92. The predicted octanol–water partition coefficient (Wildman–Crippen LogP) is 2.69. The second-order valence-corrected chi connectivity index (χ2v) is 7.32. The molecule has 5 nitrogen and oxygen atoms in total. The van der Waals surface area contributed by atoms with E-state index < -0.39 is 10.0 Å². The van der Waals surface area contributed by atoms with Gasteiger partial charge in [0.2, 0.25) is 10.0 Å². The molecule has 20 heavy (non-hydrogen) atoms. The van der Waals surface area contributed by atoms with Crippen molar-refractivity contribution in [2.45, 2.75) is 24.9 Å². The monoisotopic (exact) mass is 378 g/mol. The first-order valence-electron chi connectivity index (χ1n) is 6.02. The lowest BCUT2D eigenvalue weighted by molar-refractivity contribution is 0.464. The molecule has 110 valence electrons. The smallest absolute Gasteiger partial charge is 0.245 e. The SMILES string of the molecule is CCNCc1cc(S(=O)(=O)NCc2ccsc2)c(Br)o1. The van der Waals surface area contributed by atoms with Crippen molar-refractivity contribution in [2.24, 2.45) is 0 Å². The van der Waals surface area contributed by atoms with Gasteiger partial charge >= 0.3 is 0 Å². The Kier molecular flexibility index (Phi) is 5.39. The van der Waals surface area contributed by atoms with Crippen molar-refractivity contribution < 1.29 is 12.8 Å². The Morgan fingerprint density at radius 3 is 2.85 bits per heavy atom. The number of nitrogens with one attached hydrogen (secondary N) is 2. The van der Waals surface area contributed by atoms with Crippen LogP contribution in [-0.4, -0.2) is 15.0 Å². The van der Waals surface area contributed by atoms with Crippen LogP contribution in [0.25, 0.3) is 0 Å². The third-order valence-corrected chi connectivity index (χ3v) is 5.58. The fourth-order valence-corrected chi connectivity index (χ4v) is 4.25. The molecule has 0 aliphatic rings. The van der Waals surface area contributed by atoms with Crippen LogP contribution in [0.2, 0.25) is 0 Å². The van der Waals surface area contributed by atoms with Crippen LogP contribution in [0.1, 0.15) is 18.2 Å². The molecule has 8 heteroatoms. The lowest BCUT2D eigenvalue weighted by atomic mass is 10.4. The first-order valence-corrected chi connectivity index (χ1v) is 9.24. The van der Waals surface area contributed by atoms with E-state index in [9.17, 15) is 8.42 Å². The molecule has 0 saturated heterocycles. The Bertz CT molecular complexity index is 650. The lowest BCUT2D eigenvalue weighted by Crippen LogP contribution is -2.22. The van der Waals surface area contributed by atoms with E-state index in [2.05, 4.69) is 26.0 Å². The van der Waals surface area contributed by atoms with Crippen LogP contribution < -0.4 is 10.0 Å². The molecule has 0 aliphatic heterocycles. The maximum absolute atomic E-state index is 12.2. The van der Waals surface area contributed by atoms with Gasteiger partial charge in [-0.25, -0.2) is 13.1 Å². The van der Waals surface area contributed by atoms with E-state index >= 15 is 0 Å². The fraction of sp³-hybridized carbons (Fsp3) is 0.333. The van der Waals surface area contributed by atoms with Crippen molar-refractivity contribution >= 4 is 37.3 Å². The Balaban J connectivity index is 2.10. The molecule has 2 heterocycles. The molecule has 0 saturated carbocycles. The Labute approximate surface area is 130 Å². The van der Waals surface area contributed by atoms with E-state index in [1.165, 1.54) is 17.4 Å². The maximum atomic E-state index is 12.2. The van der Waals surface area contributed by atoms with Crippen molar-refractivity contribution in [3.63, 3.8) is 0 Å². The largest absolute Gasteiger partial charge is 0.452 e. The molecular weight excluding hydrogens is 364 g/mol. The molecule has 2 aromatic heterocycles. The second-order valence-electron chi connectivity index (χ2n) is 4.09. The van der Waals surface area contributed by atoms with Gasteiger partial charge in [0.25, 0.3) is 0 Å². The summed E-state index contributed by atoms with van der Waals surface area (Å²) in [5.74, 6) is 0.578. The first-order chi connectivity index (χ1) is 9.53. The molecule has 0 aromatic carbocycles. The van der Waals surface area contributed by atoms with Gasteiger partial charge in [-0.3, -0.25) is 0 Å². The molecule has 2 N–H and O–H groups in total. The van der Waals surface area contributed by atoms with Crippen LogP contribution >= 0.6 is 27.3 Å². The van der Waals surface area contributed by atoms with Crippen LogP contribution in [0.3, 0.4) is 0 Å². The highest BCUT2D eigenvalue weighted by molar-refractivity contribution is 9.10. The van der Waals surface area contributed by atoms with Crippen LogP contribution in [-0.2, 0) is 23.1 Å². The van der Waals surface area contributed by atoms with Crippen LogP contribution in [0.15, 0.2) is 36.9 Å². The molecule has 0 spiro atoms.